The smallest absolute Gasteiger partial charge is 0.203 e. The summed E-state index contributed by atoms with van der Waals surface area (Å²) in [4.78, 5) is 4.52. The molecule has 0 amide bonds. The molecule has 0 saturated carbocycles. The van der Waals surface area contributed by atoms with E-state index < -0.39 is 0 Å². The highest BCUT2D eigenvalue weighted by atomic mass is 79.9. The number of hydrogen-bond donors (Lipinski definition) is 1. The molecule has 0 fully saturated rings. The van der Waals surface area contributed by atoms with Gasteiger partial charge in [-0.15, -0.1) is 11.3 Å². The van der Waals surface area contributed by atoms with Crippen molar-refractivity contribution in [1.82, 2.24) is 4.98 Å². The summed E-state index contributed by atoms with van der Waals surface area (Å²) in [6.07, 6.45) is 1.78. The SMILES string of the molecule is Brc1ccc(-c2csc(NN=Cc3ccccc3)n2)cc1. The lowest BCUT2D eigenvalue weighted by Crippen LogP contribution is -1.89. The minimum Gasteiger partial charge on any atom is -0.253 e. The summed E-state index contributed by atoms with van der Waals surface area (Å²) < 4.78 is 1.06. The Balaban J connectivity index is 1.68. The fourth-order valence-electron chi connectivity index (χ4n) is 1.78. The quantitative estimate of drug-likeness (QED) is 0.525. The first kappa shape index (κ1) is 14.0. The molecule has 0 bridgehead atoms. The van der Waals surface area contributed by atoms with Crippen LogP contribution in [0, 0.1) is 0 Å². The molecule has 1 heterocycles. The third-order valence-electron chi connectivity index (χ3n) is 2.82. The molecule has 3 aromatic rings. The Morgan fingerprint density at radius 2 is 1.81 bits per heavy atom. The zero-order chi connectivity index (χ0) is 14.5. The molecule has 2 aromatic carbocycles. The predicted molar refractivity (Wildman–Crippen MR) is 92.9 cm³/mol. The van der Waals surface area contributed by atoms with Gasteiger partial charge in [-0.25, -0.2) is 4.98 Å². The average Bonchev–Trinajstić information content (AvgIpc) is 2.98. The number of benzene rings is 2. The second-order valence-electron chi connectivity index (χ2n) is 4.33. The first-order valence-electron chi connectivity index (χ1n) is 6.37. The Kier molecular flexibility index (Phi) is 4.43. The summed E-state index contributed by atoms with van der Waals surface area (Å²) in [5, 5.41) is 6.99. The Morgan fingerprint density at radius 1 is 1.05 bits per heavy atom. The number of rotatable bonds is 4. The molecule has 0 aliphatic heterocycles. The molecule has 1 N–H and O–H groups in total. The first-order valence-corrected chi connectivity index (χ1v) is 8.04. The fraction of sp³-hybridized carbons (Fsp3) is 0. The average molecular weight is 358 g/mol. The van der Waals surface area contributed by atoms with Crippen molar-refractivity contribution in [2.75, 3.05) is 5.43 Å². The van der Waals surface area contributed by atoms with Crippen LogP contribution in [0.3, 0.4) is 0 Å². The van der Waals surface area contributed by atoms with Gasteiger partial charge in [-0.05, 0) is 17.7 Å². The van der Waals surface area contributed by atoms with E-state index >= 15 is 0 Å². The van der Waals surface area contributed by atoms with Gasteiger partial charge in [0.1, 0.15) is 0 Å². The van der Waals surface area contributed by atoms with Crippen molar-refractivity contribution in [3.05, 3.63) is 70.0 Å². The van der Waals surface area contributed by atoms with Crippen LogP contribution in [0.15, 0.2) is 69.6 Å². The maximum Gasteiger partial charge on any atom is 0.203 e. The van der Waals surface area contributed by atoms with E-state index in [9.17, 15) is 0 Å². The summed E-state index contributed by atoms with van der Waals surface area (Å²) in [5.74, 6) is 0. The van der Waals surface area contributed by atoms with Gasteiger partial charge in [-0.1, -0.05) is 58.4 Å². The van der Waals surface area contributed by atoms with Crippen molar-refractivity contribution < 1.29 is 0 Å². The van der Waals surface area contributed by atoms with E-state index in [0.717, 1.165) is 26.4 Å². The van der Waals surface area contributed by atoms with E-state index in [0.29, 0.717) is 0 Å². The number of hydrogen-bond acceptors (Lipinski definition) is 4. The van der Waals surface area contributed by atoms with Gasteiger partial charge in [-0.3, -0.25) is 5.43 Å². The largest absolute Gasteiger partial charge is 0.253 e. The van der Waals surface area contributed by atoms with Crippen LogP contribution < -0.4 is 5.43 Å². The molecule has 0 atom stereocenters. The molecule has 5 heteroatoms. The molecule has 21 heavy (non-hydrogen) atoms. The van der Waals surface area contributed by atoms with Gasteiger partial charge in [0.2, 0.25) is 5.13 Å². The van der Waals surface area contributed by atoms with Gasteiger partial charge in [0.15, 0.2) is 0 Å². The number of thiazole rings is 1. The molecule has 0 aliphatic rings. The van der Waals surface area contributed by atoms with Gasteiger partial charge >= 0.3 is 0 Å². The summed E-state index contributed by atoms with van der Waals surface area (Å²) in [5.41, 5.74) is 6.05. The van der Waals surface area contributed by atoms with Crippen LogP contribution in [0.2, 0.25) is 0 Å². The van der Waals surface area contributed by atoms with Crippen molar-refractivity contribution in [2.24, 2.45) is 5.10 Å². The molecular weight excluding hydrogens is 346 g/mol. The van der Waals surface area contributed by atoms with Gasteiger partial charge < -0.3 is 0 Å². The van der Waals surface area contributed by atoms with Crippen LogP contribution in [-0.2, 0) is 0 Å². The number of aromatic nitrogens is 1. The van der Waals surface area contributed by atoms with Crippen molar-refractivity contribution >= 4 is 38.6 Å². The summed E-state index contributed by atoms with van der Waals surface area (Å²) in [6.45, 7) is 0. The third kappa shape index (κ3) is 3.77. The van der Waals surface area contributed by atoms with Crippen LogP contribution in [0.1, 0.15) is 5.56 Å². The van der Waals surface area contributed by atoms with Crippen LogP contribution in [-0.4, -0.2) is 11.2 Å². The standard InChI is InChI=1S/C16H12BrN3S/c17-14-8-6-13(7-9-14)15-11-21-16(19-15)20-18-10-12-4-2-1-3-5-12/h1-11H,(H,19,20). The molecular formula is C16H12BrN3S. The van der Waals surface area contributed by atoms with E-state index in [1.54, 1.807) is 6.21 Å². The molecule has 0 radical (unpaired) electrons. The van der Waals surface area contributed by atoms with Crippen LogP contribution >= 0.6 is 27.3 Å². The van der Waals surface area contributed by atoms with Crippen molar-refractivity contribution in [1.29, 1.82) is 0 Å². The lowest BCUT2D eigenvalue weighted by atomic mass is 10.2. The Bertz CT molecular complexity index is 736. The molecule has 0 saturated heterocycles. The van der Waals surface area contributed by atoms with E-state index in [-0.39, 0.29) is 0 Å². The highest BCUT2D eigenvalue weighted by Gasteiger charge is 2.03. The fourth-order valence-corrected chi connectivity index (χ4v) is 2.71. The maximum atomic E-state index is 4.52. The van der Waals surface area contributed by atoms with Crippen LogP contribution in [0.4, 0.5) is 5.13 Å². The van der Waals surface area contributed by atoms with Gasteiger partial charge in [0.25, 0.3) is 0 Å². The highest BCUT2D eigenvalue weighted by molar-refractivity contribution is 9.10. The van der Waals surface area contributed by atoms with Crippen LogP contribution in [0.5, 0.6) is 0 Å². The molecule has 3 rings (SSSR count). The molecule has 1 aromatic heterocycles. The van der Waals surface area contributed by atoms with Crippen LogP contribution in [0.25, 0.3) is 11.3 Å². The molecule has 0 spiro atoms. The normalized spacial score (nSPS) is 10.9. The molecule has 0 aliphatic carbocycles. The minimum absolute atomic E-state index is 0.778. The highest BCUT2D eigenvalue weighted by Crippen LogP contribution is 2.25. The van der Waals surface area contributed by atoms with E-state index in [1.807, 2.05) is 60.0 Å². The Hall–Kier alpha value is -1.98. The molecule has 104 valence electrons. The monoisotopic (exact) mass is 357 g/mol. The number of anilines is 1. The predicted octanol–water partition coefficient (Wildman–Crippen LogP) is 5.02. The van der Waals surface area contributed by atoms with E-state index in [4.69, 9.17) is 0 Å². The lowest BCUT2D eigenvalue weighted by molar-refractivity contribution is 1.29. The zero-order valence-corrected chi connectivity index (χ0v) is 13.4. The number of hydrazone groups is 1. The Labute approximate surface area is 135 Å². The summed E-state index contributed by atoms with van der Waals surface area (Å²) in [6, 6.07) is 18.0. The lowest BCUT2D eigenvalue weighted by Gasteiger charge is -1.96. The van der Waals surface area contributed by atoms with Gasteiger partial charge in [-0.2, -0.15) is 5.10 Å². The topological polar surface area (TPSA) is 37.3 Å². The second kappa shape index (κ2) is 6.65. The summed E-state index contributed by atoms with van der Waals surface area (Å²) in [7, 11) is 0. The first-order chi connectivity index (χ1) is 10.3. The Morgan fingerprint density at radius 3 is 2.57 bits per heavy atom. The molecule has 3 nitrogen and oxygen atoms in total. The summed E-state index contributed by atoms with van der Waals surface area (Å²) >= 11 is 4.97. The molecule has 0 unspecified atom stereocenters. The second-order valence-corrected chi connectivity index (χ2v) is 6.10. The van der Waals surface area contributed by atoms with Gasteiger partial charge in [0, 0.05) is 15.4 Å². The number of halogens is 1. The number of nitrogens with zero attached hydrogens (tertiary/aromatic N) is 2. The van der Waals surface area contributed by atoms with Crippen molar-refractivity contribution in [2.45, 2.75) is 0 Å². The van der Waals surface area contributed by atoms with E-state index in [1.165, 1.54) is 11.3 Å². The number of nitrogens with one attached hydrogen (secondary N) is 1. The third-order valence-corrected chi connectivity index (χ3v) is 4.09. The van der Waals surface area contributed by atoms with E-state index in [2.05, 4.69) is 31.4 Å². The van der Waals surface area contributed by atoms with Crippen molar-refractivity contribution in [3.63, 3.8) is 0 Å². The van der Waals surface area contributed by atoms with Gasteiger partial charge in [0.05, 0.1) is 11.9 Å². The van der Waals surface area contributed by atoms with Crippen molar-refractivity contribution in [3.8, 4) is 11.3 Å². The maximum absolute atomic E-state index is 4.52. The minimum atomic E-state index is 0.778. The zero-order valence-electron chi connectivity index (χ0n) is 11.0.